The second-order valence-corrected chi connectivity index (χ2v) is 6.80. The lowest BCUT2D eigenvalue weighted by Gasteiger charge is -2.06. The minimum Gasteiger partial charge on any atom is -0.385 e. The molecule has 0 unspecified atom stereocenters. The van der Waals surface area contributed by atoms with Crippen LogP contribution in [0.3, 0.4) is 0 Å². The summed E-state index contributed by atoms with van der Waals surface area (Å²) in [6, 6.07) is 7.47. The summed E-state index contributed by atoms with van der Waals surface area (Å²) in [5.41, 5.74) is 4.81. The zero-order chi connectivity index (χ0) is 17.6. The number of rotatable bonds is 9. The van der Waals surface area contributed by atoms with Gasteiger partial charge in [0, 0.05) is 38.2 Å². The van der Waals surface area contributed by atoms with Gasteiger partial charge >= 0.3 is 0 Å². The summed E-state index contributed by atoms with van der Waals surface area (Å²) in [6.07, 6.45) is 9.84. The Morgan fingerprint density at radius 2 is 2.24 bits per heavy atom. The molecule has 0 saturated heterocycles. The minimum absolute atomic E-state index is 0.726. The van der Waals surface area contributed by atoms with Crippen LogP contribution in [0, 0.1) is 0 Å². The van der Waals surface area contributed by atoms with Crippen LogP contribution < -0.4 is 5.32 Å². The molecule has 0 atom stereocenters. The smallest absolute Gasteiger partial charge is 0.0958 e. The van der Waals surface area contributed by atoms with Gasteiger partial charge in [0.2, 0.25) is 0 Å². The van der Waals surface area contributed by atoms with Crippen LogP contribution in [0.15, 0.2) is 36.4 Å². The normalized spacial score (nSPS) is 15.6. The average Bonchev–Trinajstić information content (AvgIpc) is 3.39. The first-order valence-corrected chi connectivity index (χ1v) is 9.24. The van der Waals surface area contributed by atoms with Crippen LogP contribution >= 0.6 is 0 Å². The predicted octanol–water partition coefficient (Wildman–Crippen LogP) is 4.30. The van der Waals surface area contributed by atoms with E-state index in [1.54, 1.807) is 7.11 Å². The number of ether oxygens (including phenoxy) is 1. The second-order valence-electron chi connectivity index (χ2n) is 6.80. The molecular formula is C21H29N3O. The molecule has 1 aromatic carbocycles. The van der Waals surface area contributed by atoms with E-state index in [9.17, 15) is 0 Å². The van der Waals surface area contributed by atoms with Gasteiger partial charge in [0.25, 0.3) is 0 Å². The molecule has 1 N–H and O–H groups in total. The lowest BCUT2D eigenvalue weighted by Crippen LogP contribution is -2.15. The first-order chi connectivity index (χ1) is 12.2. The van der Waals surface area contributed by atoms with E-state index in [0.29, 0.717) is 0 Å². The summed E-state index contributed by atoms with van der Waals surface area (Å²) in [5, 5.41) is 9.73. The summed E-state index contributed by atoms with van der Waals surface area (Å²) in [7, 11) is 1.75. The molecule has 2 aromatic rings. The fourth-order valence-corrected chi connectivity index (χ4v) is 3.02. The van der Waals surface area contributed by atoms with Gasteiger partial charge in [-0.3, -0.25) is 4.68 Å². The first kappa shape index (κ1) is 17.9. The third kappa shape index (κ3) is 4.59. The zero-order valence-corrected chi connectivity index (χ0v) is 15.6. The molecule has 1 aromatic heterocycles. The maximum Gasteiger partial charge on any atom is 0.0958 e. The quantitative estimate of drug-likeness (QED) is 0.547. The van der Waals surface area contributed by atoms with E-state index in [4.69, 9.17) is 9.84 Å². The van der Waals surface area contributed by atoms with Crippen LogP contribution in [-0.4, -0.2) is 29.5 Å². The van der Waals surface area contributed by atoms with E-state index in [1.807, 2.05) is 13.0 Å². The SMILES string of the molecule is C/C=C\C=C(/C)c1nn(CCCOC)c2cc(CNC3CC3)ccc12. The number of hydrogen-bond acceptors (Lipinski definition) is 3. The van der Waals surface area contributed by atoms with Crippen LogP contribution in [0.2, 0.25) is 0 Å². The van der Waals surface area contributed by atoms with Crippen molar-refractivity contribution >= 4 is 16.5 Å². The van der Waals surface area contributed by atoms with Crippen LogP contribution in [-0.2, 0) is 17.8 Å². The number of methoxy groups -OCH3 is 1. The highest BCUT2D eigenvalue weighted by atomic mass is 16.5. The van der Waals surface area contributed by atoms with Crippen molar-refractivity contribution in [3.05, 3.63) is 47.7 Å². The Labute approximate surface area is 150 Å². The predicted molar refractivity (Wildman–Crippen MR) is 105 cm³/mol. The fraction of sp³-hybridized carbons (Fsp3) is 0.476. The summed E-state index contributed by atoms with van der Waals surface area (Å²) >= 11 is 0. The molecule has 25 heavy (non-hydrogen) atoms. The van der Waals surface area contributed by atoms with E-state index >= 15 is 0 Å². The summed E-state index contributed by atoms with van der Waals surface area (Å²) < 4.78 is 7.34. The van der Waals surface area contributed by atoms with Crippen molar-refractivity contribution in [1.82, 2.24) is 15.1 Å². The standard InChI is InChI=1S/C21H29N3O/c1-4-5-7-16(2)21-19-11-8-17(15-22-18-9-10-18)14-20(19)24(23-21)12-6-13-25-3/h4-5,7-8,11,14,18,22H,6,9-10,12-13,15H2,1-3H3/b5-4-,16-7+. The number of nitrogens with one attached hydrogen (secondary N) is 1. The molecule has 1 saturated carbocycles. The van der Waals surface area contributed by atoms with Crippen molar-refractivity contribution in [3.63, 3.8) is 0 Å². The Morgan fingerprint density at radius 3 is 2.96 bits per heavy atom. The Morgan fingerprint density at radius 1 is 1.40 bits per heavy atom. The first-order valence-electron chi connectivity index (χ1n) is 9.24. The van der Waals surface area contributed by atoms with Crippen LogP contribution in [0.25, 0.3) is 16.5 Å². The van der Waals surface area contributed by atoms with E-state index < -0.39 is 0 Å². The molecule has 134 valence electrons. The Bertz CT molecular complexity index is 769. The summed E-state index contributed by atoms with van der Waals surface area (Å²) in [5.74, 6) is 0. The van der Waals surface area contributed by atoms with Crippen molar-refractivity contribution in [3.8, 4) is 0 Å². The zero-order valence-electron chi connectivity index (χ0n) is 15.6. The summed E-state index contributed by atoms with van der Waals surface area (Å²) in [6.45, 7) is 6.73. The van der Waals surface area contributed by atoms with Gasteiger partial charge in [-0.05, 0) is 50.3 Å². The largest absolute Gasteiger partial charge is 0.385 e. The highest BCUT2D eigenvalue weighted by Gasteiger charge is 2.20. The van der Waals surface area contributed by atoms with E-state index in [2.05, 4.69) is 47.3 Å². The number of allylic oxidation sites excluding steroid dienone is 4. The number of fused-ring (bicyclic) bond motifs is 1. The molecule has 4 nitrogen and oxygen atoms in total. The van der Waals surface area contributed by atoms with Crippen LogP contribution in [0.1, 0.15) is 44.4 Å². The second kappa shape index (κ2) is 8.45. The number of benzene rings is 1. The molecule has 0 aliphatic heterocycles. The van der Waals surface area contributed by atoms with Gasteiger partial charge in [0.1, 0.15) is 0 Å². The lowest BCUT2D eigenvalue weighted by atomic mass is 10.1. The van der Waals surface area contributed by atoms with Crippen molar-refractivity contribution in [1.29, 1.82) is 0 Å². The number of hydrogen-bond donors (Lipinski definition) is 1. The van der Waals surface area contributed by atoms with E-state index in [-0.39, 0.29) is 0 Å². The van der Waals surface area contributed by atoms with Crippen molar-refractivity contribution in [2.75, 3.05) is 13.7 Å². The molecule has 1 aliphatic rings. The van der Waals surface area contributed by atoms with Crippen molar-refractivity contribution < 1.29 is 4.74 Å². The highest BCUT2D eigenvalue weighted by Crippen LogP contribution is 2.26. The lowest BCUT2D eigenvalue weighted by molar-refractivity contribution is 0.189. The van der Waals surface area contributed by atoms with Gasteiger partial charge in [-0.25, -0.2) is 0 Å². The third-order valence-corrected chi connectivity index (χ3v) is 4.62. The Hall–Kier alpha value is -1.91. The van der Waals surface area contributed by atoms with Gasteiger partial charge in [-0.1, -0.05) is 30.4 Å². The molecule has 1 aliphatic carbocycles. The highest BCUT2D eigenvalue weighted by molar-refractivity contribution is 5.91. The molecule has 0 bridgehead atoms. The van der Waals surface area contributed by atoms with Gasteiger partial charge in [-0.2, -0.15) is 5.10 Å². The molecule has 1 fully saturated rings. The molecule has 0 radical (unpaired) electrons. The molecular weight excluding hydrogens is 310 g/mol. The van der Waals surface area contributed by atoms with Gasteiger partial charge in [-0.15, -0.1) is 0 Å². The van der Waals surface area contributed by atoms with E-state index in [0.717, 1.165) is 37.9 Å². The monoisotopic (exact) mass is 339 g/mol. The fourth-order valence-electron chi connectivity index (χ4n) is 3.02. The number of nitrogens with zero attached hydrogens (tertiary/aromatic N) is 2. The Kier molecular flexibility index (Phi) is 6.05. The number of aryl methyl sites for hydroxylation is 1. The number of aromatic nitrogens is 2. The topological polar surface area (TPSA) is 39.1 Å². The summed E-state index contributed by atoms with van der Waals surface area (Å²) in [4.78, 5) is 0. The van der Waals surface area contributed by atoms with Gasteiger partial charge < -0.3 is 10.1 Å². The van der Waals surface area contributed by atoms with Gasteiger partial charge in [0.05, 0.1) is 11.2 Å². The average molecular weight is 339 g/mol. The minimum atomic E-state index is 0.726. The van der Waals surface area contributed by atoms with E-state index in [1.165, 1.54) is 34.9 Å². The molecule has 1 heterocycles. The molecule has 0 spiro atoms. The van der Waals surface area contributed by atoms with Crippen LogP contribution in [0.5, 0.6) is 0 Å². The molecule has 4 heteroatoms. The molecule has 3 rings (SSSR count). The maximum atomic E-state index is 5.21. The third-order valence-electron chi connectivity index (χ3n) is 4.62. The Balaban J connectivity index is 1.92. The van der Waals surface area contributed by atoms with Gasteiger partial charge in [0.15, 0.2) is 0 Å². The van der Waals surface area contributed by atoms with Crippen LogP contribution in [0.4, 0.5) is 0 Å². The van der Waals surface area contributed by atoms with Crippen molar-refractivity contribution in [2.45, 2.75) is 52.2 Å². The van der Waals surface area contributed by atoms with Crippen molar-refractivity contribution in [2.24, 2.45) is 0 Å². The maximum absolute atomic E-state index is 5.21. The molecule has 0 amide bonds.